The van der Waals surface area contributed by atoms with Crippen molar-refractivity contribution in [3.63, 3.8) is 0 Å². The number of ether oxygens (including phenoxy) is 1. The van der Waals surface area contributed by atoms with Crippen LogP contribution in [-0.4, -0.2) is 17.5 Å². The Balaban J connectivity index is 1.96. The maximum Gasteiger partial charge on any atom is 0.196 e. The van der Waals surface area contributed by atoms with Crippen LogP contribution in [0.4, 0.5) is 0 Å². The Labute approximate surface area is 144 Å². The van der Waals surface area contributed by atoms with Crippen molar-refractivity contribution in [3.8, 4) is 11.5 Å². The molecule has 2 aromatic carbocycles. The number of phenolic OH excluding ortho intramolecular Hbond substituents is 1. The van der Waals surface area contributed by atoms with Crippen LogP contribution in [0.15, 0.2) is 48.5 Å². The number of phenols is 1. The average molecular weight is 326 g/mol. The first-order chi connectivity index (χ1) is 11.4. The summed E-state index contributed by atoms with van der Waals surface area (Å²) in [7, 11) is 0. The molecule has 0 saturated carbocycles. The normalized spacial score (nSPS) is 11.3. The van der Waals surface area contributed by atoms with E-state index in [0.29, 0.717) is 28.9 Å². The number of aromatic hydroxyl groups is 1. The lowest BCUT2D eigenvalue weighted by Gasteiger charge is -2.22. The number of carbonyl (C=O) groups excluding carboxylic acids is 1. The Morgan fingerprint density at radius 2 is 1.83 bits per heavy atom. The third-order valence-corrected chi connectivity index (χ3v) is 4.47. The van der Waals surface area contributed by atoms with E-state index in [-0.39, 0.29) is 11.5 Å². The molecule has 0 fully saturated rings. The molecular weight excluding hydrogens is 300 g/mol. The summed E-state index contributed by atoms with van der Waals surface area (Å²) in [6, 6.07) is 13.8. The van der Waals surface area contributed by atoms with Crippen molar-refractivity contribution in [3.05, 3.63) is 59.7 Å². The fourth-order valence-corrected chi connectivity index (χ4v) is 2.46. The van der Waals surface area contributed by atoms with E-state index in [1.165, 1.54) is 6.07 Å². The van der Waals surface area contributed by atoms with Crippen molar-refractivity contribution in [2.24, 2.45) is 5.41 Å². The van der Waals surface area contributed by atoms with Gasteiger partial charge in [0.2, 0.25) is 0 Å². The Kier molecular flexibility index (Phi) is 6.02. The van der Waals surface area contributed by atoms with Gasteiger partial charge in [-0.3, -0.25) is 4.79 Å². The number of rotatable bonds is 8. The Hall–Kier alpha value is -2.29. The summed E-state index contributed by atoms with van der Waals surface area (Å²) < 4.78 is 5.70. The maximum atomic E-state index is 12.4. The Bertz CT molecular complexity index is 675. The van der Waals surface area contributed by atoms with E-state index in [2.05, 4.69) is 20.8 Å². The van der Waals surface area contributed by atoms with Gasteiger partial charge in [-0.25, -0.2) is 0 Å². The van der Waals surface area contributed by atoms with E-state index in [1.807, 2.05) is 6.07 Å². The minimum atomic E-state index is -0.190. The van der Waals surface area contributed by atoms with Gasteiger partial charge >= 0.3 is 0 Å². The highest BCUT2D eigenvalue weighted by molar-refractivity contribution is 6.10. The maximum absolute atomic E-state index is 12.4. The van der Waals surface area contributed by atoms with Gasteiger partial charge < -0.3 is 9.84 Å². The molecule has 0 heterocycles. The molecule has 3 heteroatoms. The molecule has 24 heavy (non-hydrogen) atoms. The second-order valence-electron chi connectivity index (χ2n) is 6.84. The second kappa shape index (κ2) is 8.00. The van der Waals surface area contributed by atoms with Crippen LogP contribution >= 0.6 is 0 Å². The van der Waals surface area contributed by atoms with Crippen LogP contribution in [0.2, 0.25) is 0 Å². The molecule has 0 unspecified atom stereocenters. The van der Waals surface area contributed by atoms with Gasteiger partial charge in [-0.2, -0.15) is 0 Å². The summed E-state index contributed by atoms with van der Waals surface area (Å²) in [6.45, 7) is 7.31. The van der Waals surface area contributed by atoms with Crippen molar-refractivity contribution in [1.29, 1.82) is 0 Å². The molecule has 1 N–H and O–H groups in total. The molecule has 0 radical (unpaired) electrons. The molecule has 0 bridgehead atoms. The first-order valence-corrected chi connectivity index (χ1v) is 8.48. The zero-order chi connectivity index (χ0) is 17.6. The quantitative estimate of drug-likeness (QED) is 0.534. The number of hydrogen-bond acceptors (Lipinski definition) is 3. The van der Waals surface area contributed by atoms with Gasteiger partial charge in [0.05, 0.1) is 12.2 Å². The Morgan fingerprint density at radius 3 is 2.46 bits per heavy atom. The van der Waals surface area contributed by atoms with Crippen LogP contribution in [0.3, 0.4) is 0 Å². The third kappa shape index (κ3) is 4.85. The van der Waals surface area contributed by atoms with Gasteiger partial charge in [0.1, 0.15) is 11.5 Å². The van der Waals surface area contributed by atoms with E-state index in [9.17, 15) is 9.90 Å². The number of ketones is 1. The fraction of sp³-hybridized carbons (Fsp3) is 0.381. The first-order valence-electron chi connectivity index (χ1n) is 8.48. The monoisotopic (exact) mass is 326 g/mol. The van der Waals surface area contributed by atoms with Gasteiger partial charge in [-0.05, 0) is 30.4 Å². The number of hydrogen-bond donors (Lipinski definition) is 1. The van der Waals surface area contributed by atoms with E-state index in [1.54, 1.807) is 36.4 Å². The van der Waals surface area contributed by atoms with E-state index in [0.717, 1.165) is 19.3 Å². The molecule has 128 valence electrons. The molecule has 2 rings (SSSR count). The molecular formula is C21H26O3. The molecule has 0 aromatic heterocycles. The highest BCUT2D eigenvalue weighted by Crippen LogP contribution is 2.28. The van der Waals surface area contributed by atoms with Crippen molar-refractivity contribution >= 4 is 5.78 Å². The summed E-state index contributed by atoms with van der Waals surface area (Å²) in [6.07, 6.45) is 3.20. The van der Waals surface area contributed by atoms with Crippen molar-refractivity contribution in [2.75, 3.05) is 6.61 Å². The fourth-order valence-electron chi connectivity index (χ4n) is 2.46. The van der Waals surface area contributed by atoms with E-state index < -0.39 is 0 Å². The van der Waals surface area contributed by atoms with Gasteiger partial charge in [0.25, 0.3) is 0 Å². The minimum Gasteiger partial charge on any atom is -0.507 e. The summed E-state index contributed by atoms with van der Waals surface area (Å²) in [4.78, 5) is 12.4. The molecule has 3 nitrogen and oxygen atoms in total. The topological polar surface area (TPSA) is 46.5 Å². The van der Waals surface area contributed by atoms with Crippen LogP contribution in [0.5, 0.6) is 11.5 Å². The molecule has 0 spiro atoms. The SMILES string of the molecule is CCC(C)(C)CCCOc1ccc(C(=O)c2ccccc2)c(O)c1. The zero-order valence-corrected chi connectivity index (χ0v) is 14.7. The lowest BCUT2D eigenvalue weighted by molar-refractivity contribution is 0.103. The lowest BCUT2D eigenvalue weighted by atomic mass is 9.85. The molecule has 0 aliphatic rings. The minimum absolute atomic E-state index is 0.0461. The first kappa shape index (κ1) is 18.1. The van der Waals surface area contributed by atoms with Crippen molar-refractivity contribution in [1.82, 2.24) is 0 Å². The van der Waals surface area contributed by atoms with Crippen LogP contribution in [-0.2, 0) is 0 Å². The van der Waals surface area contributed by atoms with Crippen LogP contribution in [0.25, 0.3) is 0 Å². The third-order valence-electron chi connectivity index (χ3n) is 4.47. The highest BCUT2D eigenvalue weighted by atomic mass is 16.5. The van der Waals surface area contributed by atoms with E-state index >= 15 is 0 Å². The van der Waals surface area contributed by atoms with Crippen LogP contribution in [0.1, 0.15) is 56.0 Å². The lowest BCUT2D eigenvalue weighted by Crippen LogP contribution is -2.11. The van der Waals surface area contributed by atoms with Gasteiger partial charge in [-0.1, -0.05) is 57.5 Å². The summed E-state index contributed by atoms with van der Waals surface area (Å²) in [5.41, 5.74) is 1.18. The van der Waals surface area contributed by atoms with Crippen LogP contribution in [0, 0.1) is 5.41 Å². The molecule has 0 saturated heterocycles. The van der Waals surface area contributed by atoms with Gasteiger partial charge in [0, 0.05) is 11.6 Å². The summed E-state index contributed by atoms with van der Waals surface area (Å²) in [5.74, 6) is 0.353. The van der Waals surface area contributed by atoms with Crippen molar-refractivity contribution < 1.29 is 14.6 Å². The smallest absolute Gasteiger partial charge is 0.196 e. The standard InChI is InChI=1S/C21H26O3/c1-4-21(2,3)13-8-14-24-17-11-12-18(19(22)15-17)20(23)16-9-6-5-7-10-16/h5-7,9-12,15,22H,4,8,13-14H2,1-3H3. The van der Waals surface area contributed by atoms with Gasteiger partial charge in [-0.15, -0.1) is 0 Å². The molecule has 2 aromatic rings. The molecule has 0 aliphatic carbocycles. The number of carbonyl (C=O) groups is 1. The second-order valence-corrected chi connectivity index (χ2v) is 6.84. The predicted molar refractivity (Wildman–Crippen MR) is 96.8 cm³/mol. The highest BCUT2D eigenvalue weighted by Gasteiger charge is 2.15. The van der Waals surface area contributed by atoms with Crippen molar-refractivity contribution in [2.45, 2.75) is 40.0 Å². The van der Waals surface area contributed by atoms with Crippen LogP contribution < -0.4 is 4.74 Å². The number of benzene rings is 2. The van der Waals surface area contributed by atoms with E-state index in [4.69, 9.17) is 4.74 Å². The molecule has 0 atom stereocenters. The van der Waals surface area contributed by atoms with Gasteiger partial charge in [0.15, 0.2) is 5.78 Å². The Morgan fingerprint density at radius 1 is 1.12 bits per heavy atom. The predicted octanol–water partition coefficient (Wildman–Crippen LogP) is 5.22. The molecule has 0 amide bonds. The average Bonchev–Trinajstić information content (AvgIpc) is 2.59. The largest absolute Gasteiger partial charge is 0.507 e. The molecule has 0 aliphatic heterocycles. The summed E-state index contributed by atoms with van der Waals surface area (Å²) in [5, 5.41) is 10.1. The zero-order valence-electron chi connectivity index (χ0n) is 14.7. The summed E-state index contributed by atoms with van der Waals surface area (Å²) >= 11 is 0.